The van der Waals surface area contributed by atoms with Crippen molar-refractivity contribution in [1.82, 2.24) is 4.90 Å². The first kappa shape index (κ1) is 11.0. The van der Waals surface area contributed by atoms with E-state index in [1.807, 2.05) is 6.92 Å². The van der Waals surface area contributed by atoms with E-state index in [2.05, 4.69) is 6.58 Å². The third-order valence-electron chi connectivity index (χ3n) is 1.33. The molecule has 1 N–H and O–H groups in total. The Morgan fingerprint density at radius 2 is 2.42 bits per heavy atom. The number of hydrogen-bond donors (Lipinski definition) is 1. The van der Waals surface area contributed by atoms with Crippen molar-refractivity contribution >= 4 is 6.09 Å². The maximum Gasteiger partial charge on any atom is 0.410 e. The summed E-state index contributed by atoms with van der Waals surface area (Å²) in [7, 11) is 0. The molecule has 12 heavy (non-hydrogen) atoms. The first-order chi connectivity index (χ1) is 5.76. The predicted molar refractivity (Wildman–Crippen MR) is 45.9 cm³/mol. The molecule has 0 spiro atoms. The Morgan fingerprint density at radius 3 is 2.83 bits per heavy atom. The lowest BCUT2D eigenvalue weighted by Gasteiger charge is -2.18. The Kier molecular flexibility index (Phi) is 6.09. The molecule has 0 fully saturated rings. The number of aliphatic hydroxyl groups excluding tert-OH is 1. The fourth-order valence-electron chi connectivity index (χ4n) is 0.721. The van der Waals surface area contributed by atoms with E-state index in [1.165, 1.54) is 11.0 Å². The molecular weight excluding hydrogens is 158 g/mol. The molecular formula is C8H15NO3. The molecule has 0 aliphatic heterocycles. The summed E-state index contributed by atoms with van der Waals surface area (Å²) in [6.07, 6.45) is 1.09. The summed E-state index contributed by atoms with van der Waals surface area (Å²) >= 11 is 0. The molecule has 0 aliphatic carbocycles. The Bertz CT molecular complexity index is 147. The SMILES string of the molecule is C=CCOC(=O)N(CC)CCO. The standard InChI is InChI=1S/C8H15NO3/c1-3-7-12-8(11)9(4-2)5-6-10/h3,10H,1,4-7H2,2H3. The number of likely N-dealkylation sites (N-methyl/N-ethyl adjacent to an activating group) is 1. The van der Waals surface area contributed by atoms with Crippen LogP contribution in [0.4, 0.5) is 4.79 Å². The topological polar surface area (TPSA) is 49.8 Å². The van der Waals surface area contributed by atoms with Crippen LogP contribution in [0.25, 0.3) is 0 Å². The van der Waals surface area contributed by atoms with Crippen LogP contribution in [0, 0.1) is 0 Å². The van der Waals surface area contributed by atoms with Crippen LogP contribution < -0.4 is 0 Å². The predicted octanol–water partition coefficient (Wildman–Crippen LogP) is 0.623. The minimum Gasteiger partial charge on any atom is -0.445 e. The first-order valence-electron chi connectivity index (χ1n) is 3.89. The van der Waals surface area contributed by atoms with Crippen LogP contribution >= 0.6 is 0 Å². The van der Waals surface area contributed by atoms with Gasteiger partial charge in [-0.05, 0) is 6.92 Å². The van der Waals surface area contributed by atoms with E-state index in [9.17, 15) is 4.79 Å². The van der Waals surface area contributed by atoms with Gasteiger partial charge in [-0.1, -0.05) is 12.7 Å². The average molecular weight is 173 g/mol. The highest BCUT2D eigenvalue weighted by molar-refractivity contribution is 5.67. The van der Waals surface area contributed by atoms with E-state index in [-0.39, 0.29) is 13.2 Å². The molecule has 4 nitrogen and oxygen atoms in total. The number of carbonyl (C=O) groups excluding carboxylic acids is 1. The van der Waals surface area contributed by atoms with E-state index in [4.69, 9.17) is 9.84 Å². The van der Waals surface area contributed by atoms with Crippen LogP contribution in [0.3, 0.4) is 0 Å². The lowest BCUT2D eigenvalue weighted by molar-refractivity contribution is 0.105. The van der Waals surface area contributed by atoms with E-state index >= 15 is 0 Å². The van der Waals surface area contributed by atoms with Gasteiger partial charge in [-0.3, -0.25) is 0 Å². The number of aliphatic hydroxyl groups is 1. The minimum absolute atomic E-state index is 0.0446. The second kappa shape index (κ2) is 6.67. The Hall–Kier alpha value is -1.03. The van der Waals surface area contributed by atoms with Gasteiger partial charge in [-0.2, -0.15) is 0 Å². The van der Waals surface area contributed by atoms with Gasteiger partial charge in [0.15, 0.2) is 0 Å². The molecule has 0 rings (SSSR count). The molecule has 0 radical (unpaired) electrons. The summed E-state index contributed by atoms with van der Waals surface area (Å²) in [4.78, 5) is 12.5. The number of nitrogens with zero attached hydrogens (tertiary/aromatic N) is 1. The Balaban J connectivity index is 3.76. The highest BCUT2D eigenvalue weighted by atomic mass is 16.6. The van der Waals surface area contributed by atoms with Gasteiger partial charge in [0, 0.05) is 13.1 Å². The van der Waals surface area contributed by atoms with Crippen molar-refractivity contribution in [2.75, 3.05) is 26.3 Å². The molecule has 0 aliphatic rings. The highest BCUT2D eigenvalue weighted by Gasteiger charge is 2.10. The molecule has 4 heteroatoms. The summed E-state index contributed by atoms with van der Waals surface area (Å²) in [5, 5.41) is 8.57. The van der Waals surface area contributed by atoms with Gasteiger partial charge in [0.05, 0.1) is 6.61 Å². The van der Waals surface area contributed by atoms with Crippen molar-refractivity contribution in [3.63, 3.8) is 0 Å². The van der Waals surface area contributed by atoms with Gasteiger partial charge in [0.25, 0.3) is 0 Å². The summed E-state index contributed by atoms with van der Waals surface area (Å²) in [6.45, 7) is 6.26. The van der Waals surface area contributed by atoms with Gasteiger partial charge in [0.1, 0.15) is 6.61 Å². The molecule has 0 unspecified atom stereocenters. The van der Waals surface area contributed by atoms with E-state index in [1.54, 1.807) is 0 Å². The summed E-state index contributed by atoms with van der Waals surface area (Å²) < 4.78 is 4.75. The first-order valence-corrected chi connectivity index (χ1v) is 3.89. The fraction of sp³-hybridized carbons (Fsp3) is 0.625. The van der Waals surface area contributed by atoms with Gasteiger partial charge < -0.3 is 14.7 Å². The number of ether oxygens (including phenoxy) is 1. The summed E-state index contributed by atoms with van der Waals surface area (Å²) in [5.74, 6) is 0. The zero-order valence-electron chi connectivity index (χ0n) is 7.32. The van der Waals surface area contributed by atoms with Crippen LogP contribution in [0.5, 0.6) is 0 Å². The van der Waals surface area contributed by atoms with Crippen molar-refractivity contribution in [2.24, 2.45) is 0 Å². The molecule has 0 aromatic heterocycles. The van der Waals surface area contributed by atoms with Crippen LogP contribution in [0.1, 0.15) is 6.92 Å². The molecule has 0 saturated heterocycles. The third kappa shape index (κ3) is 3.98. The number of hydrogen-bond acceptors (Lipinski definition) is 3. The second-order valence-electron chi connectivity index (χ2n) is 2.17. The number of rotatable bonds is 5. The van der Waals surface area contributed by atoms with Crippen molar-refractivity contribution in [3.05, 3.63) is 12.7 Å². The van der Waals surface area contributed by atoms with Crippen LogP contribution in [0.15, 0.2) is 12.7 Å². The fourth-order valence-corrected chi connectivity index (χ4v) is 0.721. The third-order valence-corrected chi connectivity index (χ3v) is 1.33. The Labute approximate surface area is 72.4 Å². The van der Waals surface area contributed by atoms with Crippen LogP contribution in [0.2, 0.25) is 0 Å². The van der Waals surface area contributed by atoms with Crippen molar-refractivity contribution in [3.8, 4) is 0 Å². The monoisotopic (exact) mass is 173 g/mol. The molecule has 0 aromatic rings. The number of amides is 1. The van der Waals surface area contributed by atoms with Gasteiger partial charge in [-0.15, -0.1) is 0 Å². The molecule has 1 amide bonds. The van der Waals surface area contributed by atoms with Gasteiger partial charge >= 0.3 is 6.09 Å². The quantitative estimate of drug-likeness (QED) is 0.620. The van der Waals surface area contributed by atoms with Crippen LogP contribution in [-0.2, 0) is 4.74 Å². The van der Waals surface area contributed by atoms with E-state index in [0.29, 0.717) is 13.1 Å². The van der Waals surface area contributed by atoms with Gasteiger partial charge in [-0.25, -0.2) is 4.79 Å². The van der Waals surface area contributed by atoms with E-state index in [0.717, 1.165) is 0 Å². The van der Waals surface area contributed by atoms with Crippen molar-refractivity contribution in [2.45, 2.75) is 6.92 Å². The van der Waals surface area contributed by atoms with Crippen molar-refractivity contribution < 1.29 is 14.6 Å². The van der Waals surface area contributed by atoms with Crippen molar-refractivity contribution in [1.29, 1.82) is 0 Å². The average Bonchev–Trinajstić information content (AvgIpc) is 2.10. The molecule has 0 aromatic carbocycles. The summed E-state index contributed by atoms with van der Waals surface area (Å²) in [5.41, 5.74) is 0. The van der Waals surface area contributed by atoms with Crippen LogP contribution in [-0.4, -0.2) is 42.4 Å². The van der Waals surface area contributed by atoms with E-state index < -0.39 is 6.09 Å². The Morgan fingerprint density at radius 1 is 1.75 bits per heavy atom. The zero-order valence-corrected chi connectivity index (χ0v) is 7.32. The zero-order chi connectivity index (χ0) is 9.40. The molecule has 70 valence electrons. The lowest BCUT2D eigenvalue weighted by atomic mass is 10.5. The molecule has 0 heterocycles. The highest BCUT2D eigenvalue weighted by Crippen LogP contribution is 1.92. The normalized spacial score (nSPS) is 9.17. The summed E-state index contributed by atoms with van der Waals surface area (Å²) in [6, 6.07) is 0. The maximum atomic E-state index is 11.1. The second-order valence-corrected chi connectivity index (χ2v) is 2.17. The smallest absolute Gasteiger partial charge is 0.410 e. The maximum absolute atomic E-state index is 11.1. The molecule has 0 bridgehead atoms. The van der Waals surface area contributed by atoms with Gasteiger partial charge in [0.2, 0.25) is 0 Å². The minimum atomic E-state index is -0.411. The molecule has 0 saturated carbocycles. The largest absolute Gasteiger partial charge is 0.445 e. The molecule has 0 atom stereocenters. The lowest BCUT2D eigenvalue weighted by Crippen LogP contribution is -2.33. The number of carbonyl (C=O) groups is 1.